The van der Waals surface area contributed by atoms with E-state index in [1.165, 1.54) is 50.1 Å². The minimum atomic E-state index is 0. The van der Waals surface area contributed by atoms with Gasteiger partial charge in [0.2, 0.25) is 0 Å². The SMILES string of the molecule is Cc1cc[c-]c(-c2cc(C)ccn2)c1.Cc1cc[c-]c(-c2ccccn2)c1.Cc1cc[c-]c(-c2ccccn2)c1.Cc1cc[c-]c(-c2ccccn2)c1.Cc1cc[c-]c(-c2ccccn2)c1.Cc1cc[c-]c(-c2ccccn2)c1.Cc1ccc(-c2[c-]ccc(C)c2)nc1.[Ir].[Ir].[Ir].[Ir].[Ir]. The Balaban J connectivity index is 0.000000295. The minimum absolute atomic E-state index is 0. The van der Waals surface area contributed by atoms with Gasteiger partial charge in [0.1, 0.15) is 0 Å². The van der Waals surface area contributed by atoms with E-state index in [0.717, 1.165) is 78.8 Å². The van der Waals surface area contributed by atoms with E-state index < -0.39 is 0 Å². The average Bonchev–Trinajstić information content (AvgIpc) is 1.48. The molecule has 0 unspecified atom stereocenters. The molecule has 0 aliphatic rings. The summed E-state index contributed by atoms with van der Waals surface area (Å²) in [4.78, 5) is 30.0. The minimum Gasteiger partial charge on any atom is -0.305 e. The van der Waals surface area contributed by atoms with Gasteiger partial charge in [-0.2, -0.15) is 0 Å². The molecular weight excluding hydrogens is 2090 g/mol. The van der Waals surface area contributed by atoms with Crippen LogP contribution in [0, 0.1) is 105 Å². The third-order valence-electron chi connectivity index (χ3n) is 13.8. The normalized spacial score (nSPS) is 9.48. The standard InChI is InChI=1S/2C13H12N.5C12H10N.5Ir/c1-10-4-3-5-12(8-10)13-9-11(2)6-7-14-13;1-10-4-3-5-12(8-10)13-7-6-11(2)9-14-13;5*1-10-5-4-6-11(9-10)12-7-2-3-8-13-12;;;;;/h2*3-4,6-9H,1-2H3;5*2-5,7-9H,1H3;;;;;/q7*-1;;;;;. The van der Waals surface area contributed by atoms with Gasteiger partial charge >= 0.3 is 0 Å². The van der Waals surface area contributed by atoms with E-state index in [4.69, 9.17) is 0 Å². The van der Waals surface area contributed by atoms with Crippen LogP contribution in [0.4, 0.5) is 0 Å². The first kappa shape index (κ1) is 84.1. The average molecular weight is 2170 g/mol. The summed E-state index contributed by atoms with van der Waals surface area (Å²) < 4.78 is 0. The number of pyridine rings is 7. The predicted molar refractivity (Wildman–Crippen MR) is 382 cm³/mol. The van der Waals surface area contributed by atoms with Gasteiger partial charge in [0.15, 0.2) is 0 Å². The molecule has 0 saturated heterocycles. The molecule has 505 valence electrons. The molecule has 0 amide bonds. The Kier molecular flexibility index (Phi) is 39.6. The van der Waals surface area contributed by atoms with Crippen LogP contribution in [0.15, 0.2) is 286 Å². The van der Waals surface area contributed by atoms with Crippen LogP contribution >= 0.6 is 0 Å². The van der Waals surface area contributed by atoms with Crippen LogP contribution in [0.2, 0.25) is 0 Å². The quantitative estimate of drug-likeness (QED) is 0.147. The number of aryl methyl sites for hydroxylation is 9. The second-order valence-corrected chi connectivity index (χ2v) is 22.0. The fourth-order valence-corrected chi connectivity index (χ4v) is 9.02. The number of benzene rings is 7. The van der Waals surface area contributed by atoms with Crippen molar-refractivity contribution in [3.05, 3.63) is 379 Å². The van der Waals surface area contributed by atoms with Crippen LogP contribution < -0.4 is 0 Å². The van der Waals surface area contributed by atoms with Crippen molar-refractivity contribution in [2.24, 2.45) is 0 Å². The first-order valence-corrected chi connectivity index (χ1v) is 30.6. The first-order chi connectivity index (χ1) is 45.3. The van der Waals surface area contributed by atoms with Crippen LogP contribution in [-0.2, 0) is 101 Å². The summed E-state index contributed by atoms with van der Waals surface area (Å²) in [6, 6.07) is 102. The molecule has 12 heteroatoms. The maximum atomic E-state index is 4.36. The molecule has 0 saturated carbocycles. The number of rotatable bonds is 7. The van der Waals surface area contributed by atoms with Crippen molar-refractivity contribution in [2.75, 3.05) is 0 Å². The van der Waals surface area contributed by atoms with Gasteiger partial charge in [-0.3, -0.25) is 0 Å². The zero-order valence-electron chi connectivity index (χ0n) is 55.9. The maximum absolute atomic E-state index is 4.36. The summed E-state index contributed by atoms with van der Waals surface area (Å²) in [7, 11) is 0. The third-order valence-corrected chi connectivity index (χ3v) is 13.8. The van der Waals surface area contributed by atoms with Crippen molar-refractivity contribution in [3.8, 4) is 78.8 Å². The largest absolute Gasteiger partial charge is 0.305 e. The Morgan fingerprint density at radius 1 is 0.184 bits per heavy atom. The second kappa shape index (κ2) is 46.2. The van der Waals surface area contributed by atoms with Gasteiger partial charge in [-0.25, -0.2) is 0 Å². The topological polar surface area (TPSA) is 90.2 Å². The van der Waals surface area contributed by atoms with Gasteiger partial charge in [0.05, 0.1) is 0 Å². The van der Waals surface area contributed by atoms with E-state index in [1.807, 2.05) is 207 Å². The molecule has 7 nitrogen and oxygen atoms in total. The fraction of sp³-hybridized carbons (Fsp3) is 0.105. The van der Waals surface area contributed by atoms with Gasteiger partial charge in [0.25, 0.3) is 0 Å². The molecule has 7 heterocycles. The van der Waals surface area contributed by atoms with Crippen molar-refractivity contribution in [3.63, 3.8) is 0 Å². The number of nitrogens with zero attached hydrogens (tertiary/aromatic N) is 7. The smallest absolute Gasteiger partial charge is 0.0190 e. The molecule has 7 aromatic carbocycles. The van der Waals surface area contributed by atoms with Crippen molar-refractivity contribution in [2.45, 2.75) is 62.3 Å². The van der Waals surface area contributed by atoms with E-state index in [0.29, 0.717) is 0 Å². The Morgan fingerprint density at radius 2 is 0.398 bits per heavy atom. The van der Waals surface area contributed by atoms with Gasteiger partial charge in [0, 0.05) is 144 Å². The van der Waals surface area contributed by atoms with Crippen molar-refractivity contribution >= 4 is 0 Å². The van der Waals surface area contributed by atoms with E-state index in [-0.39, 0.29) is 101 Å². The van der Waals surface area contributed by atoms with Crippen LogP contribution in [-0.4, -0.2) is 34.9 Å². The fourth-order valence-electron chi connectivity index (χ4n) is 9.02. The third kappa shape index (κ3) is 29.5. The molecule has 0 bridgehead atoms. The molecule has 14 rings (SSSR count). The Morgan fingerprint density at radius 3 is 0.592 bits per heavy atom. The summed E-state index contributed by atoms with van der Waals surface area (Å²) >= 11 is 0. The van der Waals surface area contributed by atoms with Crippen LogP contribution in [0.3, 0.4) is 0 Å². The zero-order chi connectivity index (χ0) is 65.4. The molecule has 0 spiro atoms. The molecule has 98 heavy (non-hydrogen) atoms. The Hall–Kier alpha value is -8.16. The molecular formula is C86H74Ir5N7-7. The zero-order valence-corrected chi connectivity index (χ0v) is 67.9. The molecule has 5 radical (unpaired) electrons. The van der Waals surface area contributed by atoms with E-state index in [1.54, 1.807) is 31.0 Å². The summed E-state index contributed by atoms with van der Waals surface area (Å²) in [6.07, 6.45) is 12.7. The van der Waals surface area contributed by atoms with Crippen molar-refractivity contribution < 1.29 is 101 Å². The van der Waals surface area contributed by atoms with Gasteiger partial charge in [-0.15, -0.1) is 248 Å². The molecule has 0 aliphatic carbocycles. The van der Waals surface area contributed by atoms with Crippen LogP contribution in [0.5, 0.6) is 0 Å². The summed E-state index contributed by atoms with van der Waals surface area (Å²) in [5.74, 6) is 0. The molecule has 0 N–H and O–H groups in total. The summed E-state index contributed by atoms with van der Waals surface area (Å²) in [5, 5.41) is 0. The molecule has 7 aromatic heterocycles. The van der Waals surface area contributed by atoms with Crippen LogP contribution in [0.1, 0.15) is 50.1 Å². The van der Waals surface area contributed by atoms with E-state index in [2.05, 4.69) is 187 Å². The summed E-state index contributed by atoms with van der Waals surface area (Å²) in [5.41, 5.74) is 25.3. The van der Waals surface area contributed by atoms with Gasteiger partial charge < -0.3 is 34.9 Å². The molecule has 0 aliphatic heterocycles. The van der Waals surface area contributed by atoms with E-state index >= 15 is 0 Å². The van der Waals surface area contributed by atoms with Gasteiger partial charge in [-0.05, 0) is 95.7 Å². The van der Waals surface area contributed by atoms with Crippen molar-refractivity contribution in [1.82, 2.24) is 34.9 Å². The molecule has 14 aromatic rings. The summed E-state index contributed by atoms with van der Waals surface area (Å²) in [6.45, 7) is 18.6. The Labute approximate surface area is 648 Å². The van der Waals surface area contributed by atoms with Crippen LogP contribution in [0.25, 0.3) is 78.8 Å². The maximum Gasteiger partial charge on any atom is 0.0190 e. The molecule has 0 atom stereocenters. The van der Waals surface area contributed by atoms with E-state index in [9.17, 15) is 0 Å². The number of aromatic nitrogens is 7. The second-order valence-electron chi connectivity index (χ2n) is 22.0. The first-order valence-electron chi connectivity index (χ1n) is 30.6. The van der Waals surface area contributed by atoms with Gasteiger partial charge in [-0.1, -0.05) is 133 Å². The van der Waals surface area contributed by atoms with Crippen molar-refractivity contribution in [1.29, 1.82) is 0 Å². The predicted octanol–water partition coefficient (Wildman–Crippen LogP) is 20.6. The number of hydrogen-bond acceptors (Lipinski definition) is 7. The number of hydrogen-bond donors (Lipinski definition) is 0. The Bertz CT molecular complexity index is 3980. The monoisotopic (exact) mass is 2170 g/mol. The molecule has 0 fully saturated rings.